The molecule has 0 bridgehead atoms. The van der Waals surface area contributed by atoms with Crippen LogP contribution in [0.25, 0.3) is 0 Å². The predicted molar refractivity (Wildman–Crippen MR) is 119 cm³/mol. The highest BCUT2D eigenvalue weighted by molar-refractivity contribution is 5.89. The van der Waals surface area contributed by atoms with Gasteiger partial charge in [0.25, 0.3) is 0 Å². The van der Waals surface area contributed by atoms with Crippen molar-refractivity contribution < 1.29 is 9.59 Å². The lowest BCUT2D eigenvalue weighted by Gasteiger charge is -2.31. The summed E-state index contributed by atoms with van der Waals surface area (Å²) in [5.41, 5.74) is 3.01. The lowest BCUT2D eigenvalue weighted by molar-refractivity contribution is -0.126. The average molecular weight is 418 g/mol. The maximum absolute atomic E-state index is 12.7. The summed E-state index contributed by atoms with van der Waals surface area (Å²) in [5.74, 6) is -0.0175. The summed E-state index contributed by atoms with van der Waals surface area (Å²) >= 11 is 0. The molecule has 2 heterocycles. The van der Waals surface area contributed by atoms with Crippen LogP contribution < -0.4 is 10.6 Å². The highest BCUT2D eigenvalue weighted by atomic mass is 16.2. The quantitative estimate of drug-likeness (QED) is 0.644. The van der Waals surface area contributed by atoms with Gasteiger partial charge in [0.2, 0.25) is 5.91 Å². The van der Waals surface area contributed by atoms with Crippen LogP contribution in [-0.2, 0) is 17.9 Å². The minimum absolute atomic E-state index is 0.0528. The van der Waals surface area contributed by atoms with Crippen molar-refractivity contribution in [3.63, 3.8) is 0 Å². The number of amides is 3. The number of likely N-dealkylation sites (tertiary alicyclic amines) is 1. The first-order valence-corrected chi connectivity index (χ1v) is 10.6. The van der Waals surface area contributed by atoms with Gasteiger partial charge in [0.1, 0.15) is 0 Å². The standard InChI is InChI=1S/C24H27N5O2/c30-23(25-17-20-7-4-5-8-21(20)18-29-14-6-13-26-29)19-11-15-28(16-12-19)24(31)27-22-9-2-1-3-10-22/h1-10,13-14,19H,11-12,15-18H2,(H,25,30)(H,27,31). The van der Waals surface area contributed by atoms with Crippen molar-refractivity contribution in [2.45, 2.75) is 25.9 Å². The van der Waals surface area contributed by atoms with Gasteiger partial charge in [0.05, 0.1) is 6.54 Å². The summed E-state index contributed by atoms with van der Waals surface area (Å²) in [7, 11) is 0. The number of nitrogens with zero attached hydrogens (tertiary/aromatic N) is 3. The Hall–Kier alpha value is -3.61. The molecule has 0 radical (unpaired) electrons. The van der Waals surface area contributed by atoms with Gasteiger partial charge in [-0.05, 0) is 42.2 Å². The van der Waals surface area contributed by atoms with Crippen molar-refractivity contribution in [2.75, 3.05) is 18.4 Å². The van der Waals surface area contributed by atoms with Crippen LogP contribution in [-0.4, -0.2) is 39.7 Å². The van der Waals surface area contributed by atoms with Gasteiger partial charge in [-0.1, -0.05) is 42.5 Å². The maximum Gasteiger partial charge on any atom is 0.321 e. The largest absolute Gasteiger partial charge is 0.352 e. The molecule has 1 aliphatic heterocycles. The summed E-state index contributed by atoms with van der Waals surface area (Å²) in [4.78, 5) is 26.9. The minimum Gasteiger partial charge on any atom is -0.352 e. The lowest BCUT2D eigenvalue weighted by atomic mass is 9.96. The third-order valence-corrected chi connectivity index (χ3v) is 5.64. The van der Waals surface area contributed by atoms with Crippen molar-refractivity contribution >= 4 is 17.6 Å². The molecule has 1 saturated heterocycles. The fourth-order valence-electron chi connectivity index (χ4n) is 3.85. The second-order valence-corrected chi connectivity index (χ2v) is 7.75. The van der Waals surface area contributed by atoms with Crippen LogP contribution in [0.3, 0.4) is 0 Å². The Balaban J connectivity index is 1.26. The molecule has 0 saturated carbocycles. The highest BCUT2D eigenvalue weighted by Crippen LogP contribution is 2.19. The number of anilines is 1. The smallest absolute Gasteiger partial charge is 0.321 e. The number of carbonyl (C=O) groups excluding carboxylic acids is 2. The van der Waals surface area contributed by atoms with Gasteiger partial charge in [-0.25, -0.2) is 4.79 Å². The number of carbonyl (C=O) groups is 2. The second kappa shape index (κ2) is 9.93. The molecular weight excluding hydrogens is 390 g/mol. The number of hydrogen-bond acceptors (Lipinski definition) is 3. The van der Waals surface area contributed by atoms with E-state index in [1.807, 2.05) is 65.5 Å². The second-order valence-electron chi connectivity index (χ2n) is 7.75. The Morgan fingerprint density at radius 2 is 1.65 bits per heavy atom. The molecule has 7 heteroatoms. The number of piperidine rings is 1. The lowest BCUT2D eigenvalue weighted by Crippen LogP contribution is -2.44. The van der Waals surface area contributed by atoms with E-state index in [1.165, 1.54) is 0 Å². The molecule has 0 aliphatic carbocycles. The Morgan fingerprint density at radius 1 is 0.935 bits per heavy atom. The van der Waals surface area contributed by atoms with E-state index in [2.05, 4.69) is 21.8 Å². The van der Waals surface area contributed by atoms with E-state index in [4.69, 9.17) is 0 Å². The SMILES string of the molecule is O=C(NCc1ccccc1Cn1cccn1)C1CCN(C(=O)Nc2ccccc2)CC1. The van der Waals surface area contributed by atoms with Gasteiger partial charge in [0, 0.05) is 43.6 Å². The molecule has 3 aromatic rings. The Morgan fingerprint density at radius 3 is 2.35 bits per heavy atom. The molecule has 1 fully saturated rings. The van der Waals surface area contributed by atoms with Gasteiger partial charge in [0.15, 0.2) is 0 Å². The third kappa shape index (κ3) is 5.51. The zero-order valence-corrected chi connectivity index (χ0v) is 17.4. The van der Waals surface area contributed by atoms with Crippen molar-refractivity contribution in [2.24, 2.45) is 5.92 Å². The van der Waals surface area contributed by atoms with Crippen molar-refractivity contribution in [3.05, 3.63) is 84.2 Å². The number of aromatic nitrogens is 2. The number of urea groups is 1. The molecule has 0 spiro atoms. The highest BCUT2D eigenvalue weighted by Gasteiger charge is 2.27. The molecular formula is C24H27N5O2. The van der Waals surface area contributed by atoms with E-state index < -0.39 is 0 Å². The third-order valence-electron chi connectivity index (χ3n) is 5.64. The number of nitrogens with one attached hydrogen (secondary N) is 2. The van der Waals surface area contributed by atoms with Crippen molar-refractivity contribution in [1.82, 2.24) is 20.0 Å². The van der Waals surface area contributed by atoms with Crippen LogP contribution in [0.15, 0.2) is 73.1 Å². The molecule has 3 amide bonds. The van der Waals surface area contributed by atoms with Crippen molar-refractivity contribution in [3.8, 4) is 0 Å². The Bertz CT molecular complexity index is 996. The van der Waals surface area contributed by atoms with E-state index in [-0.39, 0.29) is 17.9 Å². The maximum atomic E-state index is 12.7. The van der Waals surface area contributed by atoms with E-state index in [9.17, 15) is 9.59 Å². The van der Waals surface area contributed by atoms with Crippen LogP contribution in [0.1, 0.15) is 24.0 Å². The molecule has 31 heavy (non-hydrogen) atoms. The first-order chi connectivity index (χ1) is 15.2. The summed E-state index contributed by atoms with van der Waals surface area (Å²) in [6, 6.07) is 19.3. The molecule has 4 rings (SSSR count). The first-order valence-electron chi connectivity index (χ1n) is 10.6. The van der Waals surface area contributed by atoms with Crippen LogP contribution >= 0.6 is 0 Å². The normalized spacial score (nSPS) is 14.3. The summed E-state index contributed by atoms with van der Waals surface area (Å²) in [6.07, 6.45) is 5.03. The zero-order valence-electron chi connectivity index (χ0n) is 17.4. The van der Waals surface area contributed by atoms with E-state index in [0.717, 1.165) is 16.8 Å². The molecule has 0 unspecified atom stereocenters. The van der Waals surface area contributed by atoms with Gasteiger partial charge < -0.3 is 15.5 Å². The zero-order chi connectivity index (χ0) is 21.5. The Kier molecular flexibility index (Phi) is 6.62. The van der Waals surface area contributed by atoms with E-state index in [1.54, 1.807) is 11.1 Å². The Labute approximate surface area is 182 Å². The van der Waals surface area contributed by atoms with Gasteiger partial charge >= 0.3 is 6.03 Å². The van der Waals surface area contributed by atoms with Crippen LogP contribution in [0, 0.1) is 5.92 Å². The number of hydrogen-bond donors (Lipinski definition) is 2. The molecule has 0 atom stereocenters. The van der Waals surface area contributed by atoms with Crippen molar-refractivity contribution in [1.29, 1.82) is 0 Å². The van der Waals surface area contributed by atoms with E-state index >= 15 is 0 Å². The number of rotatable bonds is 6. The molecule has 7 nitrogen and oxygen atoms in total. The molecule has 2 N–H and O–H groups in total. The summed E-state index contributed by atoms with van der Waals surface area (Å²) in [5, 5.41) is 10.3. The van der Waals surface area contributed by atoms with Crippen LogP contribution in [0.4, 0.5) is 10.5 Å². The van der Waals surface area contributed by atoms with Gasteiger partial charge in [-0.2, -0.15) is 5.10 Å². The number of para-hydroxylation sites is 1. The van der Waals surface area contributed by atoms with Gasteiger partial charge in [-0.15, -0.1) is 0 Å². The van der Waals surface area contributed by atoms with E-state index in [0.29, 0.717) is 39.0 Å². The first kappa shape index (κ1) is 20.7. The molecule has 1 aliphatic rings. The predicted octanol–water partition coefficient (Wildman–Crippen LogP) is 3.49. The average Bonchev–Trinajstić information content (AvgIpc) is 3.32. The summed E-state index contributed by atoms with van der Waals surface area (Å²) < 4.78 is 1.87. The number of benzene rings is 2. The minimum atomic E-state index is -0.113. The topological polar surface area (TPSA) is 79.3 Å². The molecule has 160 valence electrons. The summed E-state index contributed by atoms with van der Waals surface area (Å²) in [6.45, 7) is 2.32. The molecule has 2 aromatic carbocycles. The fraction of sp³-hybridized carbons (Fsp3) is 0.292. The van der Waals surface area contributed by atoms with Crippen LogP contribution in [0.5, 0.6) is 0 Å². The van der Waals surface area contributed by atoms with Crippen LogP contribution in [0.2, 0.25) is 0 Å². The van der Waals surface area contributed by atoms with Gasteiger partial charge in [-0.3, -0.25) is 9.48 Å². The molecule has 1 aromatic heterocycles. The fourth-order valence-corrected chi connectivity index (χ4v) is 3.85. The monoisotopic (exact) mass is 417 g/mol.